The summed E-state index contributed by atoms with van der Waals surface area (Å²) in [7, 11) is 0. The Bertz CT molecular complexity index is 247. The number of nitrogens with zero attached hydrogens (tertiary/aromatic N) is 2. The topological polar surface area (TPSA) is 53.1 Å². The molecule has 4 heteroatoms. The zero-order valence-corrected chi connectivity index (χ0v) is 8.23. The third kappa shape index (κ3) is 2.82. The van der Waals surface area contributed by atoms with Crippen LogP contribution in [0.3, 0.4) is 0 Å². The van der Waals surface area contributed by atoms with Gasteiger partial charge in [-0.2, -0.15) is 5.10 Å². The minimum absolute atomic E-state index is 0.0869. The molecule has 1 aromatic rings. The van der Waals surface area contributed by atoms with E-state index >= 15 is 0 Å². The first-order valence-electron chi connectivity index (χ1n) is 4.62. The van der Waals surface area contributed by atoms with Gasteiger partial charge < -0.3 is 10.5 Å². The van der Waals surface area contributed by atoms with Crippen LogP contribution in [0.4, 0.5) is 0 Å². The highest BCUT2D eigenvalue weighted by Crippen LogP contribution is 2.14. The molecule has 13 heavy (non-hydrogen) atoms. The Morgan fingerprint density at radius 3 is 3.00 bits per heavy atom. The molecule has 2 N–H and O–H groups in total. The highest BCUT2D eigenvalue weighted by Gasteiger charge is 2.06. The van der Waals surface area contributed by atoms with Gasteiger partial charge in [0, 0.05) is 24.8 Å². The Balaban J connectivity index is 2.50. The summed E-state index contributed by atoms with van der Waals surface area (Å²) in [6.07, 6.45) is 3.93. The molecule has 0 saturated carbocycles. The van der Waals surface area contributed by atoms with Crippen molar-refractivity contribution in [3.05, 3.63) is 18.0 Å². The number of aryl methyl sites for hydroxylation is 1. The molecule has 0 aliphatic carbocycles. The van der Waals surface area contributed by atoms with E-state index < -0.39 is 0 Å². The van der Waals surface area contributed by atoms with Crippen molar-refractivity contribution >= 4 is 0 Å². The fraction of sp³-hybridized carbons (Fsp3) is 0.667. The minimum Gasteiger partial charge on any atom is -0.372 e. The molecule has 1 aromatic heterocycles. The van der Waals surface area contributed by atoms with Crippen LogP contribution in [0, 0.1) is 0 Å². The first-order chi connectivity index (χ1) is 6.27. The molecule has 0 aromatic carbocycles. The quantitative estimate of drug-likeness (QED) is 0.739. The van der Waals surface area contributed by atoms with Crippen molar-refractivity contribution in [1.29, 1.82) is 0 Å². The third-order valence-electron chi connectivity index (χ3n) is 1.93. The van der Waals surface area contributed by atoms with E-state index in [-0.39, 0.29) is 6.10 Å². The maximum absolute atomic E-state index is 5.46. The van der Waals surface area contributed by atoms with Crippen LogP contribution >= 0.6 is 0 Å². The van der Waals surface area contributed by atoms with Gasteiger partial charge in [0.05, 0.1) is 18.9 Å². The summed E-state index contributed by atoms with van der Waals surface area (Å²) in [5.74, 6) is 0. The summed E-state index contributed by atoms with van der Waals surface area (Å²) in [6, 6.07) is 0. The normalized spacial score (nSPS) is 13.2. The smallest absolute Gasteiger partial charge is 0.0827 e. The van der Waals surface area contributed by atoms with Gasteiger partial charge in [-0.25, -0.2) is 0 Å². The lowest BCUT2D eigenvalue weighted by Crippen LogP contribution is -2.10. The highest BCUT2D eigenvalue weighted by atomic mass is 16.5. The first-order valence-corrected chi connectivity index (χ1v) is 4.62. The summed E-state index contributed by atoms with van der Waals surface area (Å²) in [6.45, 7) is 6.11. The van der Waals surface area contributed by atoms with Gasteiger partial charge in [0.15, 0.2) is 0 Å². The lowest BCUT2D eigenvalue weighted by molar-refractivity contribution is 0.0717. The molecule has 1 atom stereocenters. The number of hydrogen-bond donors (Lipinski definition) is 1. The fourth-order valence-corrected chi connectivity index (χ4v) is 1.10. The van der Waals surface area contributed by atoms with E-state index in [9.17, 15) is 0 Å². The van der Waals surface area contributed by atoms with Crippen LogP contribution in [-0.2, 0) is 11.3 Å². The van der Waals surface area contributed by atoms with Gasteiger partial charge in [0.1, 0.15) is 0 Å². The van der Waals surface area contributed by atoms with Crippen LogP contribution < -0.4 is 5.73 Å². The van der Waals surface area contributed by atoms with E-state index in [0.717, 1.165) is 12.1 Å². The van der Waals surface area contributed by atoms with E-state index in [1.807, 2.05) is 24.0 Å². The average molecular weight is 183 g/mol. The lowest BCUT2D eigenvalue weighted by Gasteiger charge is -2.09. The number of hydrogen-bond acceptors (Lipinski definition) is 3. The van der Waals surface area contributed by atoms with E-state index in [0.29, 0.717) is 13.2 Å². The van der Waals surface area contributed by atoms with E-state index in [1.165, 1.54) is 0 Å². The Morgan fingerprint density at radius 2 is 2.46 bits per heavy atom. The largest absolute Gasteiger partial charge is 0.372 e. The number of nitrogens with two attached hydrogens (primary N) is 1. The second kappa shape index (κ2) is 4.99. The van der Waals surface area contributed by atoms with Gasteiger partial charge in [0.25, 0.3) is 0 Å². The molecule has 0 aliphatic rings. The molecule has 1 unspecified atom stereocenters. The molecular formula is C9H17N3O. The number of rotatable bonds is 5. The predicted molar refractivity (Wildman–Crippen MR) is 51.3 cm³/mol. The maximum Gasteiger partial charge on any atom is 0.0827 e. The SMILES string of the molecule is CCn1cc(C(C)OCCN)cn1. The standard InChI is InChI=1S/C9H17N3O/c1-3-12-7-9(6-11-12)8(2)13-5-4-10/h6-8H,3-5,10H2,1-2H3. The van der Waals surface area contributed by atoms with Crippen molar-refractivity contribution in [3.63, 3.8) is 0 Å². The Kier molecular flexibility index (Phi) is 3.92. The van der Waals surface area contributed by atoms with E-state index in [4.69, 9.17) is 10.5 Å². The molecule has 0 radical (unpaired) electrons. The Hall–Kier alpha value is -0.870. The van der Waals surface area contributed by atoms with Gasteiger partial charge >= 0.3 is 0 Å². The first kappa shape index (κ1) is 10.2. The molecule has 74 valence electrons. The lowest BCUT2D eigenvalue weighted by atomic mass is 10.2. The molecule has 1 rings (SSSR count). The molecular weight excluding hydrogens is 166 g/mol. The van der Waals surface area contributed by atoms with E-state index in [2.05, 4.69) is 12.0 Å². The zero-order valence-electron chi connectivity index (χ0n) is 8.23. The van der Waals surface area contributed by atoms with Gasteiger partial charge in [0.2, 0.25) is 0 Å². The van der Waals surface area contributed by atoms with Gasteiger partial charge in [-0.3, -0.25) is 4.68 Å². The van der Waals surface area contributed by atoms with Crippen molar-refractivity contribution in [3.8, 4) is 0 Å². The monoisotopic (exact) mass is 183 g/mol. The Labute approximate surface area is 78.7 Å². The molecule has 0 amide bonds. The summed E-state index contributed by atoms with van der Waals surface area (Å²) in [5, 5.41) is 4.17. The number of aromatic nitrogens is 2. The maximum atomic E-state index is 5.46. The highest BCUT2D eigenvalue weighted by molar-refractivity contribution is 5.07. The van der Waals surface area contributed by atoms with Crippen molar-refractivity contribution in [2.24, 2.45) is 5.73 Å². The van der Waals surface area contributed by atoms with Crippen molar-refractivity contribution in [2.45, 2.75) is 26.5 Å². The Morgan fingerprint density at radius 1 is 1.69 bits per heavy atom. The van der Waals surface area contributed by atoms with E-state index in [1.54, 1.807) is 0 Å². The van der Waals surface area contributed by atoms with Crippen molar-refractivity contribution < 1.29 is 4.74 Å². The molecule has 0 spiro atoms. The summed E-state index contributed by atoms with van der Waals surface area (Å²) in [5.41, 5.74) is 6.45. The predicted octanol–water partition coefficient (Wildman–Crippen LogP) is 0.939. The van der Waals surface area contributed by atoms with Crippen LogP contribution in [0.1, 0.15) is 25.5 Å². The summed E-state index contributed by atoms with van der Waals surface area (Å²) < 4.78 is 7.34. The molecule has 1 heterocycles. The van der Waals surface area contributed by atoms with Gasteiger partial charge in [-0.05, 0) is 13.8 Å². The molecule has 0 saturated heterocycles. The second-order valence-electron chi connectivity index (χ2n) is 2.93. The summed E-state index contributed by atoms with van der Waals surface area (Å²) in [4.78, 5) is 0. The summed E-state index contributed by atoms with van der Waals surface area (Å²) >= 11 is 0. The molecule has 4 nitrogen and oxygen atoms in total. The third-order valence-corrected chi connectivity index (χ3v) is 1.93. The molecule has 0 aliphatic heterocycles. The van der Waals surface area contributed by atoms with Crippen LogP contribution in [0.15, 0.2) is 12.4 Å². The van der Waals surface area contributed by atoms with Crippen LogP contribution in [0.5, 0.6) is 0 Å². The van der Waals surface area contributed by atoms with Crippen molar-refractivity contribution in [1.82, 2.24) is 9.78 Å². The average Bonchev–Trinajstić information content (AvgIpc) is 2.62. The van der Waals surface area contributed by atoms with Gasteiger partial charge in [-0.15, -0.1) is 0 Å². The molecule has 0 fully saturated rings. The van der Waals surface area contributed by atoms with Crippen molar-refractivity contribution in [2.75, 3.05) is 13.2 Å². The van der Waals surface area contributed by atoms with Crippen LogP contribution in [0.25, 0.3) is 0 Å². The fourth-order valence-electron chi connectivity index (χ4n) is 1.10. The van der Waals surface area contributed by atoms with Crippen LogP contribution in [-0.4, -0.2) is 22.9 Å². The molecule has 0 bridgehead atoms. The van der Waals surface area contributed by atoms with Gasteiger partial charge in [-0.1, -0.05) is 0 Å². The van der Waals surface area contributed by atoms with Crippen LogP contribution in [0.2, 0.25) is 0 Å². The minimum atomic E-state index is 0.0869. The second-order valence-corrected chi connectivity index (χ2v) is 2.93. The number of ether oxygens (including phenoxy) is 1. The zero-order chi connectivity index (χ0) is 9.68.